The van der Waals surface area contributed by atoms with Crippen molar-refractivity contribution < 1.29 is 9.53 Å². The van der Waals surface area contributed by atoms with Crippen LogP contribution in [0, 0.1) is 5.92 Å². The van der Waals surface area contributed by atoms with E-state index in [2.05, 4.69) is 23.2 Å². The number of urea groups is 1. The van der Waals surface area contributed by atoms with E-state index in [-0.39, 0.29) is 12.1 Å². The Morgan fingerprint density at radius 3 is 2.83 bits per heavy atom. The molecule has 0 bridgehead atoms. The maximum absolute atomic E-state index is 12.7. The Morgan fingerprint density at radius 2 is 2.08 bits per heavy atom. The van der Waals surface area contributed by atoms with Gasteiger partial charge in [-0.1, -0.05) is 25.0 Å². The van der Waals surface area contributed by atoms with Crippen molar-refractivity contribution in [1.82, 2.24) is 10.2 Å². The van der Waals surface area contributed by atoms with Crippen molar-refractivity contribution >= 4 is 6.03 Å². The molecule has 0 radical (unpaired) electrons. The lowest BCUT2D eigenvalue weighted by atomic mass is 9.96. The van der Waals surface area contributed by atoms with E-state index in [0.29, 0.717) is 6.04 Å². The minimum Gasteiger partial charge on any atom is -0.497 e. The van der Waals surface area contributed by atoms with E-state index in [1.54, 1.807) is 7.11 Å². The Bertz CT molecular complexity index is 554. The number of benzene rings is 1. The molecule has 1 saturated carbocycles. The van der Waals surface area contributed by atoms with Crippen molar-refractivity contribution in [3.63, 3.8) is 0 Å². The molecule has 4 nitrogen and oxygen atoms in total. The lowest BCUT2D eigenvalue weighted by Crippen LogP contribution is -2.48. The maximum Gasteiger partial charge on any atom is 0.317 e. The van der Waals surface area contributed by atoms with Crippen molar-refractivity contribution in [3.05, 3.63) is 29.8 Å². The number of nitrogens with one attached hydrogen (secondary N) is 1. The highest BCUT2D eigenvalue weighted by Crippen LogP contribution is 2.35. The fourth-order valence-corrected chi connectivity index (χ4v) is 4.37. The lowest BCUT2D eigenvalue weighted by Gasteiger charge is -2.30. The molecule has 2 atom stereocenters. The molecule has 3 rings (SSSR count). The first-order valence-corrected chi connectivity index (χ1v) is 9.37. The van der Waals surface area contributed by atoms with E-state index in [0.717, 1.165) is 31.1 Å². The number of hydrogen-bond acceptors (Lipinski definition) is 2. The zero-order valence-corrected chi connectivity index (χ0v) is 15.0. The molecule has 24 heavy (non-hydrogen) atoms. The van der Waals surface area contributed by atoms with Crippen LogP contribution in [-0.2, 0) is 6.42 Å². The van der Waals surface area contributed by atoms with Gasteiger partial charge in [-0.15, -0.1) is 0 Å². The van der Waals surface area contributed by atoms with E-state index in [1.165, 1.54) is 37.7 Å². The van der Waals surface area contributed by atoms with Gasteiger partial charge in [0, 0.05) is 18.6 Å². The summed E-state index contributed by atoms with van der Waals surface area (Å²) in [4.78, 5) is 14.8. The van der Waals surface area contributed by atoms with Crippen molar-refractivity contribution in [3.8, 4) is 5.75 Å². The average Bonchev–Trinajstić information content (AvgIpc) is 3.25. The summed E-state index contributed by atoms with van der Waals surface area (Å²) in [5.41, 5.74) is 1.19. The number of rotatable bonds is 5. The van der Waals surface area contributed by atoms with Gasteiger partial charge in [-0.2, -0.15) is 0 Å². The highest BCUT2D eigenvalue weighted by molar-refractivity contribution is 5.75. The summed E-state index contributed by atoms with van der Waals surface area (Å²) in [5.74, 6) is 1.60. The molecule has 2 aliphatic rings. The van der Waals surface area contributed by atoms with Gasteiger partial charge in [0.05, 0.1) is 7.11 Å². The molecule has 4 heteroatoms. The predicted octanol–water partition coefficient (Wildman–Crippen LogP) is 3.99. The standard InChI is InChI=1S/C20H30N2O2/c1-15(13-16-7-5-10-18(14-16)24-2)21-20(23)22-12-6-11-19(22)17-8-3-4-9-17/h5,7,10,14-15,17,19H,3-4,6,8-9,11-13H2,1-2H3,(H,21,23). The second-order valence-corrected chi connectivity index (χ2v) is 7.35. The number of amides is 2. The Balaban J connectivity index is 1.55. The Morgan fingerprint density at radius 1 is 1.29 bits per heavy atom. The summed E-state index contributed by atoms with van der Waals surface area (Å²) in [6.45, 7) is 3.00. The number of methoxy groups -OCH3 is 1. The van der Waals surface area contributed by atoms with Crippen molar-refractivity contribution in [1.29, 1.82) is 0 Å². The quantitative estimate of drug-likeness (QED) is 0.887. The molecule has 1 aliphatic carbocycles. The molecule has 1 heterocycles. The number of ether oxygens (including phenoxy) is 1. The summed E-state index contributed by atoms with van der Waals surface area (Å²) in [6.07, 6.45) is 8.43. The molecule has 1 aromatic carbocycles. The van der Waals surface area contributed by atoms with Crippen LogP contribution in [0.15, 0.2) is 24.3 Å². The number of carbonyl (C=O) groups excluding carboxylic acids is 1. The Labute approximate surface area is 145 Å². The van der Waals surface area contributed by atoms with Crippen LogP contribution >= 0.6 is 0 Å². The van der Waals surface area contributed by atoms with Crippen molar-refractivity contribution in [2.45, 2.75) is 64.0 Å². The number of hydrogen-bond donors (Lipinski definition) is 1. The lowest BCUT2D eigenvalue weighted by molar-refractivity contribution is 0.170. The van der Waals surface area contributed by atoms with Crippen molar-refractivity contribution in [2.75, 3.05) is 13.7 Å². The van der Waals surface area contributed by atoms with E-state index in [1.807, 2.05) is 18.2 Å². The third-order valence-corrected chi connectivity index (χ3v) is 5.55. The first kappa shape index (κ1) is 17.1. The maximum atomic E-state index is 12.7. The van der Waals surface area contributed by atoms with Crippen LogP contribution < -0.4 is 10.1 Å². The number of likely N-dealkylation sites (tertiary alicyclic amines) is 1. The largest absolute Gasteiger partial charge is 0.497 e. The molecule has 2 unspecified atom stereocenters. The van der Waals surface area contributed by atoms with Crippen LogP contribution in [0.25, 0.3) is 0 Å². The number of carbonyl (C=O) groups is 1. The summed E-state index contributed by atoms with van der Waals surface area (Å²) >= 11 is 0. The van der Waals surface area contributed by atoms with E-state index in [4.69, 9.17) is 4.74 Å². The number of nitrogens with zero attached hydrogens (tertiary/aromatic N) is 1. The van der Waals surface area contributed by atoms with Gasteiger partial charge in [-0.05, 0) is 62.6 Å². The van der Waals surface area contributed by atoms with Gasteiger partial charge < -0.3 is 15.0 Å². The normalized spacial score (nSPS) is 22.6. The average molecular weight is 330 g/mol. The molecule has 132 valence electrons. The fraction of sp³-hybridized carbons (Fsp3) is 0.650. The molecule has 1 N–H and O–H groups in total. The topological polar surface area (TPSA) is 41.6 Å². The molecule has 1 saturated heterocycles. The molecular formula is C20H30N2O2. The van der Waals surface area contributed by atoms with E-state index >= 15 is 0 Å². The minimum absolute atomic E-state index is 0.120. The molecular weight excluding hydrogens is 300 g/mol. The highest BCUT2D eigenvalue weighted by Gasteiger charge is 2.36. The first-order valence-electron chi connectivity index (χ1n) is 9.37. The highest BCUT2D eigenvalue weighted by atomic mass is 16.5. The second-order valence-electron chi connectivity index (χ2n) is 7.35. The summed E-state index contributed by atoms with van der Waals surface area (Å²) in [6, 6.07) is 8.79. The SMILES string of the molecule is COc1cccc(CC(C)NC(=O)N2CCCC2C2CCCC2)c1. The smallest absolute Gasteiger partial charge is 0.317 e. The van der Waals surface area contributed by atoms with Gasteiger partial charge in [0.1, 0.15) is 5.75 Å². The second kappa shape index (κ2) is 7.91. The molecule has 0 spiro atoms. The van der Waals surface area contributed by atoms with Crippen LogP contribution in [0.1, 0.15) is 51.0 Å². The van der Waals surface area contributed by atoms with Crippen LogP contribution in [0.3, 0.4) is 0 Å². The zero-order valence-electron chi connectivity index (χ0n) is 15.0. The van der Waals surface area contributed by atoms with Crippen LogP contribution in [0.5, 0.6) is 5.75 Å². The summed E-state index contributed by atoms with van der Waals surface area (Å²) in [5, 5.41) is 3.21. The molecule has 2 amide bonds. The zero-order chi connectivity index (χ0) is 16.9. The monoisotopic (exact) mass is 330 g/mol. The van der Waals surface area contributed by atoms with Crippen molar-refractivity contribution in [2.24, 2.45) is 5.92 Å². The first-order chi connectivity index (χ1) is 11.7. The van der Waals surface area contributed by atoms with Crippen LogP contribution in [0.4, 0.5) is 4.79 Å². The summed E-state index contributed by atoms with van der Waals surface area (Å²) in [7, 11) is 1.68. The molecule has 2 fully saturated rings. The van der Waals surface area contributed by atoms with E-state index in [9.17, 15) is 4.79 Å². The third-order valence-electron chi connectivity index (χ3n) is 5.55. The third kappa shape index (κ3) is 4.03. The minimum atomic E-state index is 0.120. The molecule has 1 aromatic rings. The Hall–Kier alpha value is -1.71. The molecule has 1 aliphatic heterocycles. The van der Waals surface area contributed by atoms with Crippen LogP contribution in [0.2, 0.25) is 0 Å². The van der Waals surface area contributed by atoms with Gasteiger partial charge in [0.15, 0.2) is 0 Å². The fourth-order valence-electron chi connectivity index (χ4n) is 4.37. The summed E-state index contributed by atoms with van der Waals surface area (Å²) < 4.78 is 5.27. The Kier molecular flexibility index (Phi) is 5.64. The van der Waals surface area contributed by atoms with Gasteiger partial charge in [0.2, 0.25) is 0 Å². The molecule has 0 aromatic heterocycles. The van der Waals surface area contributed by atoms with Crippen LogP contribution in [-0.4, -0.2) is 36.7 Å². The predicted molar refractivity (Wildman–Crippen MR) is 96.4 cm³/mol. The van der Waals surface area contributed by atoms with Gasteiger partial charge in [-0.3, -0.25) is 0 Å². The van der Waals surface area contributed by atoms with Gasteiger partial charge in [0.25, 0.3) is 0 Å². The van der Waals surface area contributed by atoms with Gasteiger partial charge >= 0.3 is 6.03 Å². The van der Waals surface area contributed by atoms with E-state index < -0.39 is 0 Å². The van der Waals surface area contributed by atoms with Gasteiger partial charge in [-0.25, -0.2) is 4.79 Å².